The van der Waals surface area contributed by atoms with Crippen molar-refractivity contribution in [3.05, 3.63) is 64.3 Å². The van der Waals surface area contributed by atoms with Crippen molar-refractivity contribution in [2.75, 3.05) is 13.1 Å². The molecule has 0 radical (unpaired) electrons. The number of nitrogens with zero attached hydrogens (tertiary/aromatic N) is 3. The maximum atomic E-state index is 13.1. The van der Waals surface area contributed by atoms with Gasteiger partial charge in [0.25, 0.3) is 5.91 Å². The number of allylic oxidation sites excluding steroid dienone is 1. The number of amides is 1. The fourth-order valence-corrected chi connectivity index (χ4v) is 6.76. The molecule has 0 bridgehead atoms. The molecule has 0 aliphatic carbocycles. The molecule has 1 N–H and O–H groups in total. The van der Waals surface area contributed by atoms with E-state index in [-0.39, 0.29) is 16.8 Å². The van der Waals surface area contributed by atoms with Gasteiger partial charge in [-0.05, 0) is 61.7 Å². The predicted molar refractivity (Wildman–Crippen MR) is 125 cm³/mol. The van der Waals surface area contributed by atoms with Crippen LogP contribution in [-0.4, -0.2) is 47.1 Å². The number of benzene rings is 1. The number of aromatic nitrogens is 2. The van der Waals surface area contributed by atoms with Gasteiger partial charge in [-0.15, -0.1) is 0 Å². The Morgan fingerprint density at radius 2 is 1.88 bits per heavy atom. The van der Waals surface area contributed by atoms with Crippen LogP contribution in [0.4, 0.5) is 0 Å². The van der Waals surface area contributed by atoms with E-state index in [9.17, 15) is 13.2 Å². The van der Waals surface area contributed by atoms with Gasteiger partial charge in [0.2, 0.25) is 10.0 Å². The summed E-state index contributed by atoms with van der Waals surface area (Å²) >= 11 is 7.31. The number of thioether (sulfide) groups is 1. The van der Waals surface area contributed by atoms with Crippen molar-refractivity contribution in [3.63, 3.8) is 0 Å². The summed E-state index contributed by atoms with van der Waals surface area (Å²) in [6.45, 7) is 2.64. The molecule has 4 heterocycles. The van der Waals surface area contributed by atoms with Crippen LogP contribution < -0.4 is 5.32 Å². The van der Waals surface area contributed by atoms with Gasteiger partial charge in [-0.2, -0.15) is 4.31 Å². The van der Waals surface area contributed by atoms with Crippen LogP contribution in [0.1, 0.15) is 25.5 Å². The fraction of sp³-hybridized carbons (Fsp3) is 0.273. The zero-order valence-corrected chi connectivity index (χ0v) is 19.7. The lowest BCUT2D eigenvalue weighted by Crippen LogP contribution is -2.46. The standard InChI is InChI=1S/C22H21ClN4O3S2/c1-14-18-13-24-19-3-2-4-20(27(18)19)31-21(14)22(28)25-16-9-11-26(12-10-16)32(29,30)17-7-5-15(23)6-8-17/h2-8,13,16H,9-12H2,1H3,(H,25,28). The van der Waals surface area contributed by atoms with Gasteiger partial charge in [0.05, 0.1) is 26.7 Å². The maximum absolute atomic E-state index is 13.1. The minimum atomic E-state index is -3.57. The number of carbonyl (C=O) groups is 1. The van der Waals surface area contributed by atoms with Gasteiger partial charge in [0.15, 0.2) is 0 Å². The van der Waals surface area contributed by atoms with Crippen molar-refractivity contribution in [2.24, 2.45) is 0 Å². The van der Waals surface area contributed by atoms with Gasteiger partial charge in [-0.3, -0.25) is 9.20 Å². The summed E-state index contributed by atoms with van der Waals surface area (Å²) in [5.74, 6) is -0.129. The van der Waals surface area contributed by atoms with E-state index in [0.29, 0.717) is 35.9 Å². The number of halogens is 1. The molecule has 1 amide bonds. The lowest BCUT2D eigenvalue weighted by molar-refractivity contribution is -0.117. The SMILES string of the molecule is CC1=C(C(=O)NC2CCN(S(=O)(=O)c3ccc(Cl)cc3)CC2)Sc2cccc3ncc1n23. The molecule has 10 heteroatoms. The molecule has 7 nitrogen and oxygen atoms in total. The topological polar surface area (TPSA) is 83.8 Å². The normalized spacial score (nSPS) is 17.7. The highest BCUT2D eigenvalue weighted by atomic mass is 35.5. The first kappa shape index (κ1) is 21.5. The van der Waals surface area contributed by atoms with Crippen molar-refractivity contribution >= 4 is 50.5 Å². The summed E-state index contributed by atoms with van der Waals surface area (Å²) < 4.78 is 29.3. The fourth-order valence-electron chi connectivity index (χ4n) is 4.11. The Hall–Kier alpha value is -2.33. The first-order valence-electron chi connectivity index (χ1n) is 10.3. The first-order chi connectivity index (χ1) is 15.3. The monoisotopic (exact) mass is 488 g/mol. The minimum Gasteiger partial charge on any atom is -0.349 e. The highest BCUT2D eigenvalue weighted by Gasteiger charge is 2.31. The van der Waals surface area contributed by atoms with Gasteiger partial charge in [-0.1, -0.05) is 29.4 Å². The summed E-state index contributed by atoms with van der Waals surface area (Å²) in [5, 5.41) is 4.56. The van der Waals surface area contributed by atoms with Crippen molar-refractivity contribution in [2.45, 2.75) is 35.7 Å². The Labute approximate surface area is 195 Å². The maximum Gasteiger partial charge on any atom is 0.258 e. The number of piperidine rings is 1. The molecule has 166 valence electrons. The van der Waals surface area contributed by atoms with E-state index < -0.39 is 10.0 Å². The van der Waals surface area contributed by atoms with Crippen LogP contribution >= 0.6 is 23.4 Å². The third-order valence-corrected chi connectivity index (χ3v) is 9.26. The Morgan fingerprint density at radius 3 is 2.59 bits per heavy atom. The van der Waals surface area contributed by atoms with E-state index in [1.54, 1.807) is 18.3 Å². The van der Waals surface area contributed by atoms with Gasteiger partial charge < -0.3 is 5.32 Å². The molecule has 0 unspecified atom stereocenters. The second-order valence-corrected chi connectivity index (χ2v) is 11.3. The summed E-state index contributed by atoms with van der Waals surface area (Å²) in [6.07, 6.45) is 2.91. The highest BCUT2D eigenvalue weighted by molar-refractivity contribution is 8.04. The Morgan fingerprint density at radius 1 is 1.16 bits per heavy atom. The molecule has 0 atom stereocenters. The molecule has 1 saturated heterocycles. The largest absolute Gasteiger partial charge is 0.349 e. The van der Waals surface area contributed by atoms with Crippen LogP contribution in [0.3, 0.4) is 0 Å². The van der Waals surface area contributed by atoms with Gasteiger partial charge in [0, 0.05) is 24.2 Å². The van der Waals surface area contributed by atoms with Crippen molar-refractivity contribution in [1.29, 1.82) is 0 Å². The van der Waals surface area contributed by atoms with E-state index >= 15 is 0 Å². The lowest BCUT2D eigenvalue weighted by Gasteiger charge is -2.32. The van der Waals surface area contributed by atoms with Crippen molar-refractivity contribution in [3.8, 4) is 0 Å². The molecule has 3 aromatic rings. The van der Waals surface area contributed by atoms with Crippen LogP contribution in [-0.2, 0) is 14.8 Å². The van der Waals surface area contributed by atoms with E-state index in [4.69, 9.17) is 11.6 Å². The van der Waals surface area contributed by atoms with E-state index in [1.807, 2.05) is 25.1 Å². The number of rotatable bonds is 4. The zero-order valence-electron chi connectivity index (χ0n) is 17.3. The van der Waals surface area contributed by atoms with Gasteiger partial charge >= 0.3 is 0 Å². The molecule has 5 rings (SSSR count). The number of sulfonamides is 1. The number of hydrogen-bond acceptors (Lipinski definition) is 5. The Bertz CT molecular complexity index is 1340. The molecule has 32 heavy (non-hydrogen) atoms. The van der Waals surface area contributed by atoms with E-state index in [2.05, 4.69) is 14.7 Å². The van der Waals surface area contributed by atoms with Gasteiger partial charge in [-0.25, -0.2) is 13.4 Å². The summed E-state index contributed by atoms with van der Waals surface area (Å²) in [7, 11) is -3.57. The molecule has 1 aromatic carbocycles. The van der Waals surface area contributed by atoms with Crippen LogP contribution in [0.2, 0.25) is 5.02 Å². The number of nitrogens with one attached hydrogen (secondary N) is 1. The number of carbonyl (C=O) groups excluding carboxylic acids is 1. The quantitative estimate of drug-likeness (QED) is 0.604. The molecule has 2 aromatic heterocycles. The molecule has 2 aliphatic heterocycles. The Kier molecular flexibility index (Phi) is 5.53. The van der Waals surface area contributed by atoms with Crippen molar-refractivity contribution < 1.29 is 13.2 Å². The average Bonchev–Trinajstić information content (AvgIpc) is 3.23. The average molecular weight is 489 g/mol. The third-order valence-electron chi connectivity index (χ3n) is 5.87. The van der Waals surface area contributed by atoms with Gasteiger partial charge in [0.1, 0.15) is 5.65 Å². The molecule has 1 fully saturated rings. The third kappa shape index (κ3) is 3.73. The van der Waals surface area contributed by atoms with Crippen molar-refractivity contribution in [1.82, 2.24) is 19.0 Å². The molecular weight excluding hydrogens is 468 g/mol. The first-order valence-corrected chi connectivity index (χ1v) is 12.9. The second kappa shape index (κ2) is 8.22. The Balaban J connectivity index is 1.27. The van der Waals surface area contributed by atoms with Crippen LogP contribution in [0, 0.1) is 0 Å². The number of hydrogen-bond donors (Lipinski definition) is 1. The van der Waals surface area contributed by atoms with E-state index in [0.717, 1.165) is 21.9 Å². The number of imidazole rings is 1. The summed E-state index contributed by atoms with van der Waals surface area (Å²) in [5.41, 5.74) is 2.67. The molecular formula is C22H21ClN4O3S2. The molecule has 2 aliphatic rings. The van der Waals surface area contributed by atoms with Crippen LogP contribution in [0.5, 0.6) is 0 Å². The molecule has 0 spiro atoms. The van der Waals surface area contributed by atoms with E-state index in [1.165, 1.54) is 28.2 Å². The van der Waals surface area contributed by atoms with Crippen LogP contribution in [0.25, 0.3) is 11.2 Å². The summed E-state index contributed by atoms with van der Waals surface area (Å²) in [4.78, 5) is 18.4. The number of pyridine rings is 1. The zero-order chi connectivity index (χ0) is 22.5. The minimum absolute atomic E-state index is 0.0808. The molecule has 0 saturated carbocycles. The lowest BCUT2D eigenvalue weighted by atomic mass is 10.1. The van der Waals surface area contributed by atoms with Crippen LogP contribution in [0.15, 0.2) is 63.5 Å². The smallest absolute Gasteiger partial charge is 0.258 e. The summed E-state index contributed by atoms with van der Waals surface area (Å²) in [6, 6.07) is 12.0. The predicted octanol–water partition coefficient (Wildman–Crippen LogP) is 3.79. The second-order valence-electron chi connectivity index (χ2n) is 7.86. The highest BCUT2D eigenvalue weighted by Crippen LogP contribution is 2.39.